The first-order chi connectivity index (χ1) is 10.5. The molecule has 2 aromatic rings. The van der Waals surface area contributed by atoms with Gasteiger partial charge in [-0.25, -0.2) is 4.39 Å². The summed E-state index contributed by atoms with van der Waals surface area (Å²) in [7, 11) is 0. The number of nitrogens with one attached hydrogen (secondary N) is 1. The molecule has 2 rings (SSSR count). The van der Waals surface area contributed by atoms with E-state index in [1.165, 1.54) is 36.0 Å². The van der Waals surface area contributed by atoms with Crippen LogP contribution in [0.15, 0.2) is 47.4 Å². The molecule has 0 radical (unpaired) electrons. The Hall–Kier alpha value is -1.56. The molecular weight excluding hydrogens is 325 g/mol. The Kier molecular flexibility index (Phi) is 5.83. The molecular formula is C16H15ClFNO2S. The second-order valence-electron chi connectivity index (χ2n) is 4.62. The fraction of sp³-hybridized carbons (Fsp3) is 0.188. The zero-order chi connectivity index (χ0) is 16.1. The van der Waals surface area contributed by atoms with Crippen LogP contribution in [0.25, 0.3) is 0 Å². The molecule has 0 fully saturated rings. The van der Waals surface area contributed by atoms with Crippen LogP contribution >= 0.6 is 23.4 Å². The molecule has 2 aromatic carbocycles. The van der Waals surface area contributed by atoms with Crippen molar-refractivity contribution in [3.63, 3.8) is 0 Å². The molecule has 116 valence electrons. The lowest BCUT2D eigenvalue weighted by Crippen LogP contribution is -2.28. The molecule has 0 aliphatic carbocycles. The highest BCUT2D eigenvalue weighted by Gasteiger charge is 2.14. The molecule has 0 aliphatic heterocycles. The average Bonchev–Trinajstić information content (AvgIpc) is 2.53. The highest BCUT2D eigenvalue weighted by atomic mass is 35.5. The van der Waals surface area contributed by atoms with Crippen LogP contribution < -0.4 is 5.32 Å². The van der Waals surface area contributed by atoms with Gasteiger partial charge in [0.15, 0.2) is 0 Å². The molecule has 0 saturated carbocycles. The fourth-order valence-corrected chi connectivity index (χ4v) is 2.54. The van der Waals surface area contributed by atoms with E-state index in [2.05, 4.69) is 5.32 Å². The second-order valence-corrected chi connectivity index (χ2v) is 5.91. The van der Waals surface area contributed by atoms with Crippen LogP contribution in [0.2, 0.25) is 5.02 Å². The summed E-state index contributed by atoms with van der Waals surface area (Å²) in [5, 5.41) is 13.0. The largest absolute Gasteiger partial charge is 0.387 e. The van der Waals surface area contributed by atoms with E-state index >= 15 is 0 Å². The van der Waals surface area contributed by atoms with Crippen LogP contribution in [-0.2, 0) is 0 Å². The van der Waals surface area contributed by atoms with Crippen LogP contribution in [0.1, 0.15) is 22.0 Å². The molecule has 0 bridgehead atoms. The summed E-state index contributed by atoms with van der Waals surface area (Å²) in [5.74, 6) is -0.734. The molecule has 1 amide bonds. The van der Waals surface area contributed by atoms with E-state index in [-0.39, 0.29) is 18.3 Å². The van der Waals surface area contributed by atoms with Gasteiger partial charge in [0.1, 0.15) is 5.82 Å². The third kappa shape index (κ3) is 4.22. The summed E-state index contributed by atoms with van der Waals surface area (Å²) in [6.07, 6.45) is 0.996. The van der Waals surface area contributed by atoms with Gasteiger partial charge in [0.2, 0.25) is 0 Å². The number of rotatable bonds is 5. The summed E-state index contributed by atoms with van der Waals surface area (Å²) in [6.45, 7) is 0.0181. The molecule has 22 heavy (non-hydrogen) atoms. The topological polar surface area (TPSA) is 49.3 Å². The van der Waals surface area contributed by atoms with Crippen LogP contribution in [-0.4, -0.2) is 23.8 Å². The number of hydrogen-bond donors (Lipinski definition) is 2. The first-order valence-corrected chi connectivity index (χ1v) is 8.17. The van der Waals surface area contributed by atoms with Crippen molar-refractivity contribution in [3.05, 3.63) is 64.4 Å². The summed E-state index contributed by atoms with van der Waals surface area (Å²) >= 11 is 7.53. The number of benzene rings is 2. The molecule has 0 spiro atoms. The van der Waals surface area contributed by atoms with Gasteiger partial charge >= 0.3 is 0 Å². The standard InChI is InChI=1S/C16H15ClFNO2S/c1-22-12-6-7-14(17)13(8-12)16(21)19-9-15(20)10-2-4-11(18)5-3-10/h2-8,15,20H,9H2,1H3,(H,19,21). The van der Waals surface area contributed by atoms with Crippen molar-refractivity contribution in [2.75, 3.05) is 12.8 Å². The van der Waals surface area contributed by atoms with Crippen LogP contribution in [0.5, 0.6) is 0 Å². The number of thioether (sulfide) groups is 1. The highest BCUT2D eigenvalue weighted by Crippen LogP contribution is 2.23. The van der Waals surface area contributed by atoms with Crippen LogP contribution in [0.4, 0.5) is 4.39 Å². The van der Waals surface area contributed by atoms with E-state index in [0.29, 0.717) is 16.1 Å². The third-order valence-corrected chi connectivity index (χ3v) is 4.18. The Morgan fingerprint density at radius 1 is 1.32 bits per heavy atom. The maximum Gasteiger partial charge on any atom is 0.252 e. The van der Waals surface area contributed by atoms with Crippen molar-refractivity contribution in [1.82, 2.24) is 5.32 Å². The first kappa shape index (κ1) is 16.8. The lowest BCUT2D eigenvalue weighted by Gasteiger charge is -2.13. The molecule has 0 heterocycles. The van der Waals surface area contributed by atoms with Crippen molar-refractivity contribution < 1.29 is 14.3 Å². The quantitative estimate of drug-likeness (QED) is 0.817. The maximum absolute atomic E-state index is 12.8. The van der Waals surface area contributed by atoms with Gasteiger partial charge in [-0.3, -0.25) is 4.79 Å². The van der Waals surface area contributed by atoms with E-state index in [1.807, 2.05) is 12.3 Å². The Bertz CT molecular complexity index is 664. The van der Waals surface area contributed by atoms with Gasteiger partial charge in [-0.1, -0.05) is 23.7 Å². The SMILES string of the molecule is CSc1ccc(Cl)c(C(=O)NCC(O)c2ccc(F)cc2)c1. The van der Waals surface area contributed by atoms with Gasteiger partial charge in [0.05, 0.1) is 16.7 Å². The summed E-state index contributed by atoms with van der Waals surface area (Å²) in [5.41, 5.74) is 0.894. The number of aliphatic hydroxyl groups excluding tert-OH is 1. The monoisotopic (exact) mass is 339 g/mol. The van der Waals surface area contributed by atoms with E-state index in [4.69, 9.17) is 11.6 Å². The van der Waals surface area contributed by atoms with Gasteiger partial charge in [0, 0.05) is 11.4 Å². The van der Waals surface area contributed by atoms with Crippen LogP contribution in [0.3, 0.4) is 0 Å². The predicted octanol–water partition coefficient (Wildman–Crippen LogP) is 3.66. The Morgan fingerprint density at radius 3 is 2.64 bits per heavy atom. The minimum absolute atomic E-state index is 0.0181. The molecule has 0 saturated heterocycles. The van der Waals surface area contributed by atoms with Gasteiger partial charge in [-0.15, -0.1) is 11.8 Å². The second kappa shape index (κ2) is 7.63. The minimum atomic E-state index is -0.910. The van der Waals surface area contributed by atoms with E-state index in [1.54, 1.807) is 12.1 Å². The molecule has 6 heteroatoms. The normalized spacial score (nSPS) is 12.0. The Balaban J connectivity index is 2.02. The Labute approximate surface area is 137 Å². The van der Waals surface area contributed by atoms with Gasteiger partial charge in [0.25, 0.3) is 5.91 Å². The van der Waals surface area contributed by atoms with E-state index in [9.17, 15) is 14.3 Å². The number of halogens is 2. The Morgan fingerprint density at radius 2 is 2.00 bits per heavy atom. The van der Waals surface area contributed by atoms with Crippen molar-refractivity contribution >= 4 is 29.3 Å². The lowest BCUT2D eigenvalue weighted by atomic mass is 10.1. The van der Waals surface area contributed by atoms with Crippen molar-refractivity contribution in [2.45, 2.75) is 11.0 Å². The fourth-order valence-electron chi connectivity index (χ4n) is 1.89. The lowest BCUT2D eigenvalue weighted by molar-refractivity contribution is 0.0916. The molecule has 2 N–H and O–H groups in total. The molecule has 1 unspecified atom stereocenters. The third-order valence-electron chi connectivity index (χ3n) is 3.13. The zero-order valence-corrected chi connectivity index (χ0v) is 13.4. The molecule has 1 atom stereocenters. The molecule has 3 nitrogen and oxygen atoms in total. The average molecular weight is 340 g/mol. The van der Waals surface area contributed by atoms with Crippen molar-refractivity contribution in [1.29, 1.82) is 0 Å². The summed E-state index contributed by atoms with van der Waals surface area (Å²) < 4.78 is 12.8. The molecule has 0 aliphatic rings. The van der Waals surface area contributed by atoms with Gasteiger partial charge in [-0.2, -0.15) is 0 Å². The zero-order valence-electron chi connectivity index (χ0n) is 11.8. The van der Waals surface area contributed by atoms with Gasteiger partial charge < -0.3 is 10.4 Å². The number of carbonyl (C=O) groups is 1. The maximum atomic E-state index is 12.8. The predicted molar refractivity (Wildman–Crippen MR) is 86.9 cm³/mol. The summed E-state index contributed by atoms with van der Waals surface area (Å²) in [4.78, 5) is 13.1. The van der Waals surface area contributed by atoms with Crippen LogP contribution in [0, 0.1) is 5.82 Å². The number of amides is 1. The van der Waals surface area contributed by atoms with E-state index < -0.39 is 6.10 Å². The van der Waals surface area contributed by atoms with Gasteiger partial charge in [-0.05, 0) is 42.2 Å². The number of hydrogen-bond acceptors (Lipinski definition) is 3. The summed E-state index contributed by atoms with van der Waals surface area (Å²) in [6, 6.07) is 10.7. The minimum Gasteiger partial charge on any atom is -0.387 e. The highest BCUT2D eigenvalue weighted by molar-refractivity contribution is 7.98. The molecule has 0 aromatic heterocycles. The first-order valence-electron chi connectivity index (χ1n) is 6.56. The number of carbonyl (C=O) groups excluding carboxylic acids is 1. The van der Waals surface area contributed by atoms with Crippen molar-refractivity contribution in [3.8, 4) is 0 Å². The number of aliphatic hydroxyl groups is 1. The van der Waals surface area contributed by atoms with E-state index in [0.717, 1.165) is 4.90 Å². The van der Waals surface area contributed by atoms with Crippen molar-refractivity contribution in [2.24, 2.45) is 0 Å². The smallest absolute Gasteiger partial charge is 0.252 e.